The van der Waals surface area contributed by atoms with E-state index in [1.165, 1.54) is 0 Å². The molecular formula is C16H15N3O. The van der Waals surface area contributed by atoms with Crippen molar-refractivity contribution in [2.45, 2.75) is 19.1 Å². The number of hydrogen-bond acceptors (Lipinski definition) is 4. The number of rotatable bonds is 2. The Kier molecular flexibility index (Phi) is 3.36. The minimum Gasteiger partial charge on any atom is -0.388 e. The standard InChI is InChI=1S/C16H15N3O/c17-10-14-12(4-3-8-18-14)11-19-9-7-16(20)13-5-1-2-6-15(13)19/h1-6,8,16,20H,7,9,11H2. The molecule has 100 valence electrons. The fourth-order valence-corrected chi connectivity index (χ4v) is 2.65. The van der Waals surface area contributed by atoms with Gasteiger partial charge in [-0.2, -0.15) is 5.26 Å². The minimum atomic E-state index is -0.396. The van der Waals surface area contributed by atoms with Crippen LogP contribution in [-0.2, 0) is 6.54 Å². The molecule has 1 aromatic carbocycles. The van der Waals surface area contributed by atoms with E-state index in [4.69, 9.17) is 5.26 Å². The van der Waals surface area contributed by atoms with Gasteiger partial charge in [0.25, 0.3) is 0 Å². The van der Waals surface area contributed by atoms with E-state index < -0.39 is 6.10 Å². The molecule has 0 amide bonds. The molecule has 0 saturated heterocycles. The van der Waals surface area contributed by atoms with Crippen molar-refractivity contribution in [1.82, 2.24) is 4.98 Å². The van der Waals surface area contributed by atoms with Gasteiger partial charge in [-0.3, -0.25) is 0 Å². The van der Waals surface area contributed by atoms with E-state index >= 15 is 0 Å². The number of hydrogen-bond donors (Lipinski definition) is 1. The highest BCUT2D eigenvalue weighted by atomic mass is 16.3. The van der Waals surface area contributed by atoms with E-state index in [2.05, 4.69) is 16.0 Å². The number of pyridine rings is 1. The van der Waals surface area contributed by atoms with Crippen LogP contribution in [0, 0.1) is 11.3 Å². The lowest BCUT2D eigenvalue weighted by Crippen LogP contribution is -2.31. The first-order valence-corrected chi connectivity index (χ1v) is 6.65. The lowest BCUT2D eigenvalue weighted by atomic mass is 9.98. The van der Waals surface area contributed by atoms with Gasteiger partial charge in [-0.25, -0.2) is 4.98 Å². The molecule has 0 fully saturated rings. The van der Waals surface area contributed by atoms with Gasteiger partial charge in [-0.05, 0) is 18.6 Å². The van der Waals surface area contributed by atoms with Crippen LogP contribution in [0.5, 0.6) is 0 Å². The first-order chi connectivity index (χ1) is 9.79. The second-order valence-electron chi connectivity index (χ2n) is 4.91. The number of nitriles is 1. The van der Waals surface area contributed by atoms with Crippen LogP contribution < -0.4 is 4.90 Å². The van der Waals surface area contributed by atoms with Gasteiger partial charge in [-0.1, -0.05) is 24.3 Å². The van der Waals surface area contributed by atoms with Gasteiger partial charge >= 0.3 is 0 Å². The van der Waals surface area contributed by atoms with Crippen molar-refractivity contribution in [3.8, 4) is 6.07 Å². The number of aliphatic hydroxyl groups is 1. The Hall–Kier alpha value is -2.38. The molecule has 0 spiro atoms. The summed E-state index contributed by atoms with van der Waals surface area (Å²) in [5.41, 5.74) is 3.39. The van der Waals surface area contributed by atoms with Gasteiger partial charge in [0, 0.05) is 36.1 Å². The lowest BCUT2D eigenvalue weighted by Gasteiger charge is -2.33. The maximum Gasteiger partial charge on any atom is 0.145 e. The summed E-state index contributed by atoms with van der Waals surface area (Å²) in [4.78, 5) is 6.29. The van der Waals surface area contributed by atoms with Gasteiger partial charge in [0.05, 0.1) is 6.10 Å². The van der Waals surface area contributed by atoms with Crippen LogP contribution in [0.2, 0.25) is 0 Å². The molecule has 3 rings (SSSR count). The van der Waals surface area contributed by atoms with E-state index in [1.54, 1.807) is 6.20 Å². The molecule has 1 unspecified atom stereocenters. The molecule has 0 saturated carbocycles. The zero-order valence-electron chi connectivity index (χ0n) is 11.0. The van der Waals surface area contributed by atoms with Crippen LogP contribution in [0.1, 0.15) is 29.3 Å². The van der Waals surface area contributed by atoms with Gasteiger partial charge < -0.3 is 10.0 Å². The third kappa shape index (κ3) is 2.24. The second-order valence-corrected chi connectivity index (χ2v) is 4.91. The largest absolute Gasteiger partial charge is 0.388 e. The summed E-state index contributed by atoms with van der Waals surface area (Å²) >= 11 is 0. The molecule has 20 heavy (non-hydrogen) atoms. The lowest BCUT2D eigenvalue weighted by molar-refractivity contribution is 0.164. The topological polar surface area (TPSA) is 60.2 Å². The maximum atomic E-state index is 10.1. The van der Waals surface area contributed by atoms with Crippen molar-refractivity contribution in [3.05, 3.63) is 59.4 Å². The maximum absolute atomic E-state index is 10.1. The number of aromatic nitrogens is 1. The fourth-order valence-electron chi connectivity index (χ4n) is 2.65. The fraction of sp³-hybridized carbons (Fsp3) is 0.250. The average molecular weight is 265 g/mol. The van der Waals surface area contributed by atoms with Crippen LogP contribution in [0.15, 0.2) is 42.6 Å². The summed E-state index contributed by atoms with van der Waals surface area (Å²) in [6.45, 7) is 1.42. The van der Waals surface area contributed by atoms with E-state index in [-0.39, 0.29) is 0 Å². The third-order valence-electron chi connectivity index (χ3n) is 3.67. The van der Waals surface area contributed by atoms with Crippen molar-refractivity contribution in [3.63, 3.8) is 0 Å². The minimum absolute atomic E-state index is 0.396. The van der Waals surface area contributed by atoms with E-state index in [0.717, 1.165) is 23.4 Å². The van der Waals surface area contributed by atoms with Gasteiger partial charge in [0.1, 0.15) is 11.8 Å². The average Bonchev–Trinajstić information content (AvgIpc) is 2.51. The number of nitrogens with zero attached hydrogens (tertiary/aromatic N) is 3. The monoisotopic (exact) mass is 265 g/mol. The summed E-state index contributed by atoms with van der Waals surface area (Å²) in [5.74, 6) is 0. The van der Waals surface area contributed by atoms with Gasteiger partial charge in [0.2, 0.25) is 0 Å². The molecule has 2 aromatic rings. The Morgan fingerprint density at radius 1 is 1.30 bits per heavy atom. The third-order valence-corrected chi connectivity index (χ3v) is 3.67. The van der Waals surface area contributed by atoms with Crippen LogP contribution >= 0.6 is 0 Å². The number of fused-ring (bicyclic) bond motifs is 1. The Bertz CT molecular complexity index is 663. The molecule has 4 heteroatoms. The Labute approximate surface area is 117 Å². The van der Waals surface area contributed by atoms with Crippen LogP contribution in [0.3, 0.4) is 0 Å². The number of benzene rings is 1. The van der Waals surface area contributed by atoms with E-state index in [0.29, 0.717) is 18.7 Å². The normalized spacial score (nSPS) is 17.4. The second kappa shape index (κ2) is 5.32. The number of para-hydroxylation sites is 1. The molecule has 2 heterocycles. The van der Waals surface area contributed by atoms with Gasteiger partial charge in [0.15, 0.2) is 0 Å². The molecule has 1 N–H and O–H groups in total. The molecular weight excluding hydrogens is 250 g/mol. The molecule has 1 aliphatic heterocycles. The number of anilines is 1. The van der Waals surface area contributed by atoms with Crippen LogP contribution in [0.25, 0.3) is 0 Å². The predicted molar refractivity (Wildman–Crippen MR) is 76.0 cm³/mol. The summed E-state index contributed by atoms with van der Waals surface area (Å²) in [5, 5.41) is 19.2. The molecule has 0 aliphatic carbocycles. The Balaban J connectivity index is 1.93. The molecule has 4 nitrogen and oxygen atoms in total. The zero-order chi connectivity index (χ0) is 13.9. The van der Waals surface area contributed by atoms with Crippen LogP contribution in [-0.4, -0.2) is 16.6 Å². The Morgan fingerprint density at radius 3 is 3.00 bits per heavy atom. The van der Waals surface area contributed by atoms with Crippen molar-refractivity contribution in [2.24, 2.45) is 0 Å². The summed E-state index contributed by atoms with van der Waals surface area (Å²) in [6.07, 6.45) is 1.95. The zero-order valence-corrected chi connectivity index (χ0v) is 11.0. The van der Waals surface area contributed by atoms with E-state index in [9.17, 15) is 5.11 Å². The summed E-state index contributed by atoms with van der Waals surface area (Å²) in [6, 6.07) is 13.8. The first kappa shape index (κ1) is 12.6. The van der Waals surface area contributed by atoms with Crippen molar-refractivity contribution >= 4 is 5.69 Å². The van der Waals surface area contributed by atoms with Crippen molar-refractivity contribution < 1.29 is 5.11 Å². The molecule has 0 bridgehead atoms. The summed E-state index contributed by atoms with van der Waals surface area (Å²) < 4.78 is 0. The Morgan fingerprint density at radius 2 is 2.15 bits per heavy atom. The first-order valence-electron chi connectivity index (χ1n) is 6.65. The van der Waals surface area contributed by atoms with Crippen molar-refractivity contribution in [2.75, 3.05) is 11.4 Å². The number of aliphatic hydroxyl groups excluding tert-OH is 1. The smallest absolute Gasteiger partial charge is 0.145 e. The SMILES string of the molecule is N#Cc1ncccc1CN1CCC(O)c2ccccc21. The van der Waals surface area contributed by atoms with Crippen LogP contribution in [0.4, 0.5) is 5.69 Å². The molecule has 1 atom stereocenters. The molecule has 0 radical (unpaired) electrons. The molecule has 1 aromatic heterocycles. The van der Waals surface area contributed by atoms with Gasteiger partial charge in [-0.15, -0.1) is 0 Å². The highest BCUT2D eigenvalue weighted by Crippen LogP contribution is 2.34. The molecule has 1 aliphatic rings. The quantitative estimate of drug-likeness (QED) is 0.905. The van der Waals surface area contributed by atoms with E-state index in [1.807, 2.05) is 36.4 Å². The highest BCUT2D eigenvalue weighted by Gasteiger charge is 2.23. The summed E-state index contributed by atoms with van der Waals surface area (Å²) in [7, 11) is 0. The predicted octanol–water partition coefficient (Wildman–Crippen LogP) is 2.40. The highest BCUT2D eigenvalue weighted by molar-refractivity contribution is 5.57. The van der Waals surface area contributed by atoms with Crippen molar-refractivity contribution in [1.29, 1.82) is 5.26 Å².